The average molecular weight is 469 g/mol. The van der Waals surface area contributed by atoms with Crippen molar-refractivity contribution in [3.8, 4) is 17.2 Å². The van der Waals surface area contributed by atoms with E-state index in [9.17, 15) is 18.0 Å². The van der Waals surface area contributed by atoms with Crippen molar-refractivity contribution in [3.05, 3.63) is 52.0 Å². The zero-order valence-corrected chi connectivity index (χ0v) is 17.7. The van der Waals surface area contributed by atoms with Gasteiger partial charge in [-0.25, -0.2) is 0 Å². The van der Waals surface area contributed by atoms with Gasteiger partial charge in [0.15, 0.2) is 0 Å². The van der Waals surface area contributed by atoms with Crippen LogP contribution < -0.4 is 9.47 Å². The Morgan fingerprint density at radius 3 is 2.45 bits per heavy atom. The number of benzene rings is 2. The fourth-order valence-electron chi connectivity index (χ4n) is 2.15. The van der Waals surface area contributed by atoms with Crippen molar-refractivity contribution in [1.29, 1.82) is 0 Å². The van der Waals surface area contributed by atoms with Crippen molar-refractivity contribution in [3.63, 3.8) is 0 Å². The summed E-state index contributed by atoms with van der Waals surface area (Å²) >= 11 is 13.4. The molecule has 158 valence electrons. The minimum absolute atomic E-state index is 0.0634. The molecule has 4 nitrogen and oxygen atoms in total. The lowest BCUT2D eigenvalue weighted by Gasteiger charge is -2.16. The molecule has 2 rings (SSSR count). The van der Waals surface area contributed by atoms with E-state index in [0.29, 0.717) is 16.5 Å². The van der Waals surface area contributed by atoms with Gasteiger partial charge in [0.2, 0.25) is 0 Å². The summed E-state index contributed by atoms with van der Waals surface area (Å²) in [6, 6.07) is 7.41. The first-order valence-electron chi connectivity index (χ1n) is 8.29. The lowest BCUT2D eigenvalue weighted by molar-refractivity contribution is -0.140. The lowest BCUT2D eigenvalue weighted by atomic mass is 10.2. The van der Waals surface area contributed by atoms with E-state index < -0.39 is 11.7 Å². The Morgan fingerprint density at radius 2 is 1.83 bits per heavy atom. The topological polar surface area (TPSA) is 44.8 Å². The van der Waals surface area contributed by atoms with Crippen LogP contribution in [-0.4, -0.2) is 24.3 Å². The number of carbonyl (C=O) groups is 1. The van der Waals surface area contributed by atoms with Gasteiger partial charge in [-0.3, -0.25) is 4.79 Å². The maximum absolute atomic E-state index is 12.7. The highest BCUT2D eigenvalue weighted by molar-refractivity contribution is 7.99. The Labute approximate surface area is 180 Å². The maximum atomic E-state index is 12.7. The molecule has 0 fully saturated rings. The molecule has 1 atom stereocenters. The van der Waals surface area contributed by atoms with E-state index >= 15 is 0 Å². The van der Waals surface area contributed by atoms with E-state index in [1.54, 1.807) is 6.92 Å². The van der Waals surface area contributed by atoms with Crippen molar-refractivity contribution in [1.82, 2.24) is 0 Å². The van der Waals surface area contributed by atoms with E-state index in [4.69, 9.17) is 32.7 Å². The van der Waals surface area contributed by atoms with Gasteiger partial charge in [-0.15, -0.1) is 11.8 Å². The van der Waals surface area contributed by atoms with Gasteiger partial charge in [0.1, 0.15) is 22.7 Å². The minimum Gasteiger partial charge on any atom is -0.478 e. The van der Waals surface area contributed by atoms with Gasteiger partial charge in [0.05, 0.1) is 29.1 Å². The number of carbonyl (C=O) groups excluding carboxylic acids is 1. The molecule has 0 saturated carbocycles. The van der Waals surface area contributed by atoms with Crippen LogP contribution in [-0.2, 0) is 15.7 Å². The van der Waals surface area contributed by atoms with Crippen LogP contribution in [0.25, 0.3) is 0 Å². The summed E-state index contributed by atoms with van der Waals surface area (Å²) in [5.74, 6) is 0.867. The zero-order valence-electron chi connectivity index (χ0n) is 15.4. The third-order valence-electron chi connectivity index (χ3n) is 3.57. The Bertz CT molecular complexity index is 862. The van der Waals surface area contributed by atoms with Crippen molar-refractivity contribution in [2.75, 3.05) is 12.9 Å². The summed E-state index contributed by atoms with van der Waals surface area (Å²) in [5.41, 5.74) is -1.19. The second kappa shape index (κ2) is 10.3. The monoisotopic (exact) mass is 468 g/mol. The number of hydrogen-bond acceptors (Lipinski definition) is 5. The van der Waals surface area contributed by atoms with Crippen LogP contribution in [0.4, 0.5) is 13.2 Å². The number of methoxy groups -OCH3 is 1. The third-order valence-corrected chi connectivity index (χ3v) is 5.18. The number of thioether (sulfide) groups is 1. The fourth-order valence-corrected chi connectivity index (χ4v) is 3.32. The molecule has 10 heteroatoms. The summed E-state index contributed by atoms with van der Waals surface area (Å²) in [4.78, 5) is 11.1. The predicted molar refractivity (Wildman–Crippen MR) is 107 cm³/mol. The molecule has 0 saturated heterocycles. The van der Waals surface area contributed by atoms with Crippen LogP contribution in [0.2, 0.25) is 10.0 Å². The summed E-state index contributed by atoms with van der Waals surface area (Å²) in [7, 11) is 1.32. The molecule has 0 aliphatic rings. The number of ether oxygens (including phenoxy) is 3. The van der Waals surface area contributed by atoms with Crippen LogP contribution >= 0.6 is 35.0 Å². The Hall–Kier alpha value is -1.77. The van der Waals surface area contributed by atoms with Crippen molar-refractivity contribution in [2.24, 2.45) is 0 Å². The van der Waals surface area contributed by atoms with Gasteiger partial charge in [-0.05, 0) is 37.3 Å². The molecule has 2 aromatic carbocycles. The van der Waals surface area contributed by atoms with E-state index in [1.807, 2.05) is 0 Å². The van der Waals surface area contributed by atoms with Crippen LogP contribution in [0.3, 0.4) is 0 Å². The predicted octanol–water partition coefficient (Wildman–Crippen LogP) is 6.83. The van der Waals surface area contributed by atoms with Gasteiger partial charge in [-0.1, -0.05) is 23.2 Å². The van der Waals surface area contributed by atoms with Crippen LogP contribution in [0.5, 0.6) is 17.2 Å². The van der Waals surface area contributed by atoms with Gasteiger partial charge in [-0.2, -0.15) is 13.2 Å². The molecule has 0 bridgehead atoms. The molecule has 2 aromatic rings. The van der Waals surface area contributed by atoms with Crippen LogP contribution in [0.1, 0.15) is 18.9 Å². The lowest BCUT2D eigenvalue weighted by Crippen LogP contribution is -2.10. The summed E-state index contributed by atoms with van der Waals surface area (Å²) < 4.78 is 54.1. The Kier molecular flexibility index (Phi) is 8.36. The highest BCUT2D eigenvalue weighted by Gasteiger charge is 2.31. The number of rotatable bonds is 8. The molecule has 0 spiro atoms. The smallest absolute Gasteiger partial charge is 0.416 e. The molecule has 0 amide bonds. The molecular formula is C19H17Cl2F3O4S. The first-order chi connectivity index (χ1) is 13.6. The quantitative estimate of drug-likeness (QED) is 0.313. The van der Waals surface area contributed by atoms with Crippen molar-refractivity contribution < 1.29 is 32.2 Å². The highest BCUT2D eigenvalue weighted by Crippen LogP contribution is 2.38. The van der Waals surface area contributed by atoms with Gasteiger partial charge >= 0.3 is 12.1 Å². The largest absolute Gasteiger partial charge is 0.478 e. The Balaban J connectivity index is 2.06. The van der Waals surface area contributed by atoms with Gasteiger partial charge in [0.25, 0.3) is 0 Å². The molecule has 0 N–H and O–H groups in total. The summed E-state index contributed by atoms with van der Waals surface area (Å²) in [6.07, 6.45) is -4.25. The number of hydrogen-bond donors (Lipinski definition) is 0. The molecule has 0 radical (unpaired) electrons. The second-order valence-electron chi connectivity index (χ2n) is 5.72. The molecule has 0 aliphatic heterocycles. The highest BCUT2D eigenvalue weighted by atomic mass is 35.5. The van der Waals surface area contributed by atoms with Gasteiger partial charge < -0.3 is 14.2 Å². The van der Waals surface area contributed by atoms with Crippen LogP contribution in [0, 0.1) is 0 Å². The molecule has 29 heavy (non-hydrogen) atoms. The molecule has 1 unspecified atom stereocenters. The molecule has 0 heterocycles. The maximum Gasteiger partial charge on any atom is 0.416 e. The molecular weight excluding hydrogens is 452 g/mol. The SMILES string of the molecule is COC(=O)CCSC(C)Oc1cc(Oc2ccc(C(F)(F)F)cc2Cl)ccc1Cl. The summed E-state index contributed by atoms with van der Waals surface area (Å²) in [6.45, 7) is 1.79. The average Bonchev–Trinajstić information content (AvgIpc) is 2.65. The molecule has 0 aliphatic carbocycles. The first kappa shape index (κ1) is 23.5. The fraction of sp³-hybridized carbons (Fsp3) is 0.316. The van der Waals surface area contributed by atoms with Crippen molar-refractivity contribution >= 4 is 40.9 Å². The summed E-state index contributed by atoms with van der Waals surface area (Å²) in [5, 5.41) is 0.153. The number of halogens is 5. The Morgan fingerprint density at radius 1 is 1.10 bits per heavy atom. The van der Waals surface area contributed by atoms with Gasteiger partial charge in [0, 0.05) is 11.8 Å². The van der Waals surface area contributed by atoms with E-state index in [0.717, 1.165) is 18.2 Å². The van der Waals surface area contributed by atoms with E-state index in [-0.39, 0.29) is 34.3 Å². The zero-order chi connectivity index (χ0) is 21.6. The first-order valence-corrected chi connectivity index (χ1v) is 10.1. The minimum atomic E-state index is -4.49. The molecule has 0 aromatic heterocycles. The number of alkyl halides is 3. The van der Waals surface area contributed by atoms with Crippen molar-refractivity contribution in [2.45, 2.75) is 25.0 Å². The van der Waals surface area contributed by atoms with E-state index in [1.165, 1.54) is 37.1 Å². The standard InChI is InChI=1S/C19H17Cl2F3O4S/c1-11(29-8-7-18(25)26-2)27-17-10-13(4-5-14(17)20)28-16-6-3-12(9-15(16)21)19(22,23)24/h3-6,9-11H,7-8H2,1-2H3. The number of esters is 1. The van der Waals surface area contributed by atoms with E-state index in [2.05, 4.69) is 4.74 Å². The normalized spacial score (nSPS) is 12.4. The van der Waals surface area contributed by atoms with Crippen LogP contribution in [0.15, 0.2) is 36.4 Å². The third kappa shape index (κ3) is 7.21. The second-order valence-corrected chi connectivity index (χ2v) is 7.94.